The zero-order valence-electron chi connectivity index (χ0n) is 16.1. The van der Waals surface area contributed by atoms with Crippen molar-refractivity contribution in [3.63, 3.8) is 0 Å². The maximum atomic E-state index is 14.0. The van der Waals surface area contributed by atoms with E-state index in [2.05, 4.69) is 4.74 Å². The third kappa shape index (κ3) is 5.02. The zero-order valence-corrected chi connectivity index (χ0v) is 16.1. The molecule has 0 saturated carbocycles. The van der Waals surface area contributed by atoms with Gasteiger partial charge in [0.15, 0.2) is 6.29 Å². The van der Waals surface area contributed by atoms with E-state index in [4.69, 9.17) is 10.2 Å². The van der Waals surface area contributed by atoms with Gasteiger partial charge in [-0.05, 0) is 13.8 Å². The van der Waals surface area contributed by atoms with Crippen LogP contribution in [0, 0.1) is 0 Å². The van der Waals surface area contributed by atoms with Crippen molar-refractivity contribution in [3.05, 3.63) is 0 Å². The van der Waals surface area contributed by atoms with Gasteiger partial charge in [0.1, 0.15) is 6.10 Å². The fraction of sp³-hybridized carbons (Fsp3) is 1.00. The van der Waals surface area contributed by atoms with Gasteiger partial charge in [-0.15, -0.1) is 0 Å². The zero-order chi connectivity index (χ0) is 26.4. The molecule has 0 spiro atoms. The molecule has 0 aliphatic heterocycles. The lowest BCUT2D eigenvalue weighted by Gasteiger charge is -2.42. The largest absolute Gasteiger partial charge is 0.460 e. The second-order valence-corrected chi connectivity index (χ2v) is 6.66. The summed E-state index contributed by atoms with van der Waals surface area (Å²) < 4.78 is 175. The van der Waals surface area contributed by atoms with Crippen molar-refractivity contribution in [1.82, 2.24) is 5.32 Å². The normalized spacial score (nSPS) is 19.1. The minimum absolute atomic E-state index is 0.216. The Bertz CT molecular complexity index is 641. The van der Waals surface area contributed by atoms with E-state index in [-0.39, 0.29) is 6.92 Å². The Kier molecular flexibility index (Phi) is 8.61. The summed E-state index contributed by atoms with van der Waals surface area (Å²) in [5, 5.41) is 29.3. The van der Waals surface area contributed by atoms with Gasteiger partial charge in [-0.1, -0.05) is 6.92 Å². The number of hydrogen-bond acceptors (Lipinski definition) is 5. The van der Waals surface area contributed by atoms with E-state index >= 15 is 0 Å². The van der Waals surface area contributed by atoms with Crippen LogP contribution in [-0.2, 0) is 4.74 Å². The molecular weight excluding hydrogens is 493 g/mol. The van der Waals surface area contributed by atoms with Crippen LogP contribution in [0.15, 0.2) is 0 Å². The van der Waals surface area contributed by atoms with E-state index in [1.54, 1.807) is 5.32 Å². The van der Waals surface area contributed by atoms with E-state index < -0.39 is 66.6 Å². The van der Waals surface area contributed by atoms with E-state index in [9.17, 15) is 62.2 Å². The molecule has 0 aromatic rings. The molecule has 0 aliphatic carbocycles. The minimum atomic E-state index is -8.06. The van der Waals surface area contributed by atoms with Crippen LogP contribution in [0.25, 0.3) is 0 Å². The molecule has 32 heavy (non-hydrogen) atoms. The second kappa shape index (κ2) is 8.92. The second-order valence-electron chi connectivity index (χ2n) is 6.66. The molecule has 3 atom stereocenters. The third-order valence-electron chi connectivity index (χ3n) is 4.22. The van der Waals surface area contributed by atoms with Gasteiger partial charge >= 0.3 is 35.8 Å². The van der Waals surface area contributed by atoms with Crippen LogP contribution in [0.2, 0.25) is 0 Å². The van der Waals surface area contributed by atoms with Crippen LogP contribution >= 0.6 is 0 Å². The molecule has 3 unspecified atom stereocenters. The predicted molar refractivity (Wildman–Crippen MR) is 77.4 cm³/mol. The number of aliphatic hydroxyl groups excluding tert-OH is 1. The predicted octanol–water partition coefficient (Wildman–Crippen LogP) is 3.48. The van der Waals surface area contributed by atoms with Gasteiger partial charge in [0.2, 0.25) is 5.91 Å². The molecule has 4 N–H and O–H groups in total. The Morgan fingerprint density at radius 3 is 1.41 bits per heavy atom. The van der Waals surface area contributed by atoms with Crippen LogP contribution in [0.3, 0.4) is 0 Å². The van der Waals surface area contributed by atoms with Gasteiger partial charge in [-0.25, -0.2) is 0 Å². The van der Waals surface area contributed by atoms with Crippen molar-refractivity contribution in [1.29, 1.82) is 0 Å². The van der Waals surface area contributed by atoms with E-state index in [1.165, 1.54) is 0 Å². The number of aliphatic hydroxyl groups is 3. The molecule has 0 heterocycles. The summed E-state index contributed by atoms with van der Waals surface area (Å²) >= 11 is 0. The molecule has 0 amide bonds. The summed E-state index contributed by atoms with van der Waals surface area (Å²) in [4.78, 5) is 0. The van der Waals surface area contributed by atoms with Gasteiger partial charge in [-0.3, -0.25) is 5.32 Å². The molecule has 5 nitrogen and oxygen atoms in total. The average molecular weight is 511 g/mol. The highest BCUT2D eigenvalue weighted by atomic mass is 19.4. The molecule has 0 saturated heterocycles. The van der Waals surface area contributed by atoms with Gasteiger partial charge in [0.25, 0.3) is 0 Å². The van der Waals surface area contributed by atoms with Gasteiger partial charge < -0.3 is 20.1 Å². The lowest BCUT2D eigenvalue weighted by Crippen LogP contribution is -2.72. The minimum Gasteiger partial charge on any atom is -0.367 e. The first-order valence-corrected chi connectivity index (χ1v) is 8.26. The Balaban J connectivity index is 6.22. The molecule has 0 fully saturated rings. The number of alkyl halides is 13. The number of ether oxygens (including phenoxy) is 1. The van der Waals surface area contributed by atoms with Crippen molar-refractivity contribution in [2.45, 2.75) is 87.3 Å². The Hall–Kier alpha value is -1.11. The Morgan fingerprint density at radius 1 is 0.719 bits per heavy atom. The highest BCUT2D eigenvalue weighted by Crippen LogP contribution is 2.60. The highest BCUT2D eigenvalue weighted by Gasteiger charge is 2.91. The molecule has 0 aromatic carbocycles. The van der Waals surface area contributed by atoms with Crippen LogP contribution < -0.4 is 5.32 Å². The lowest BCUT2D eigenvalue weighted by molar-refractivity contribution is -0.448. The Morgan fingerprint density at radius 2 is 1.09 bits per heavy atom. The molecule has 0 rings (SSSR count). The summed E-state index contributed by atoms with van der Waals surface area (Å²) in [6, 6.07) is -1.66. The summed E-state index contributed by atoms with van der Waals surface area (Å²) in [7, 11) is 0. The smallest absolute Gasteiger partial charge is 0.367 e. The van der Waals surface area contributed by atoms with Crippen molar-refractivity contribution in [2.24, 2.45) is 0 Å². The van der Waals surface area contributed by atoms with Crippen molar-refractivity contribution in [3.8, 4) is 0 Å². The fourth-order valence-corrected chi connectivity index (χ4v) is 2.05. The van der Waals surface area contributed by atoms with E-state index in [0.29, 0.717) is 0 Å². The van der Waals surface area contributed by atoms with Crippen LogP contribution in [-0.4, -0.2) is 75.5 Å². The SMILES string of the molecule is CCC(O)(NC(C)C(O)O)OC(C)C(F)(F)C(F)(F)C(F)(F)C(F)(F)C(F)(F)C(F)(F)F. The van der Waals surface area contributed by atoms with Crippen molar-refractivity contribution in [2.75, 3.05) is 0 Å². The first kappa shape index (κ1) is 30.9. The monoisotopic (exact) mass is 511 g/mol. The van der Waals surface area contributed by atoms with Gasteiger partial charge in [0.05, 0.1) is 6.04 Å². The number of rotatable bonds is 11. The summed E-state index contributed by atoms with van der Waals surface area (Å²) in [5.41, 5.74) is 0. The summed E-state index contributed by atoms with van der Waals surface area (Å²) in [6.07, 6.45) is -14.5. The molecule has 0 radical (unpaired) electrons. The molecular formula is C14H18F13NO4. The number of hydrogen-bond donors (Lipinski definition) is 4. The quantitative estimate of drug-likeness (QED) is 0.253. The average Bonchev–Trinajstić information content (AvgIpc) is 2.59. The van der Waals surface area contributed by atoms with Gasteiger partial charge in [0, 0.05) is 6.42 Å². The van der Waals surface area contributed by atoms with Gasteiger partial charge in [-0.2, -0.15) is 57.1 Å². The number of nitrogens with one attached hydrogen (secondary N) is 1. The van der Waals surface area contributed by atoms with Crippen LogP contribution in [0.5, 0.6) is 0 Å². The number of halogens is 13. The molecule has 0 bridgehead atoms. The highest BCUT2D eigenvalue weighted by molar-refractivity contribution is 5.11. The van der Waals surface area contributed by atoms with Crippen LogP contribution in [0.1, 0.15) is 27.2 Å². The van der Waals surface area contributed by atoms with E-state index in [0.717, 1.165) is 13.8 Å². The Labute approximate surface area is 171 Å². The molecule has 194 valence electrons. The summed E-state index contributed by atoms with van der Waals surface area (Å²) in [6.45, 7) is 1.53. The summed E-state index contributed by atoms with van der Waals surface area (Å²) in [5.74, 6) is -41.3. The first-order chi connectivity index (χ1) is 13.8. The molecule has 0 aromatic heterocycles. The van der Waals surface area contributed by atoms with Crippen molar-refractivity contribution < 1.29 is 77.1 Å². The van der Waals surface area contributed by atoms with E-state index in [1.807, 2.05) is 0 Å². The topological polar surface area (TPSA) is 82.0 Å². The standard InChI is InChI=1S/C14H18F13NO4/c1-4-8(31,28-5(2)7(29)30)32-6(3)9(15,16)10(17,18)11(19,20)12(21,22)13(23,24)14(25,26)27/h5-7,28-31H,4H2,1-3H3. The maximum absolute atomic E-state index is 14.0. The van der Waals surface area contributed by atoms with Crippen molar-refractivity contribution >= 4 is 0 Å². The first-order valence-electron chi connectivity index (χ1n) is 8.26. The third-order valence-corrected chi connectivity index (χ3v) is 4.22. The maximum Gasteiger partial charge on any atom is 0.460 e. The fourth-order valence-electron chi connectivity index (χ4n) is 2.05. The van der Waals surface area contributed by atoms with Crippen LogP contribution in [0.4, 0.5) is 57.1 Å². The molecule has 0 aliphatic rings. The molecule has 18 heteroatoms. The lowest BCUT2D eigenvalue weighted by atomic mass is 9.92.